The number of nitrogens with two attached hydrogens (primary N) is 1. The van der Waals surface area contributed by atoms with Crippen molar-refractivity contribution in [3.8, 4) is 5.75 Å². The minimum absolute atomic E-state index is 0.256. The van der Waals surface area contributed by atoms with E-state index in [-0.39, 0.29) is 11.7 Å². The van der Waals surface area contributed by atoms with Crippen LogP contribution in [0.15, 0.2) is 47.5 Å². The fourth-order valence-corrected chi connectivity index (χ4v) is 2.32. The summed E-state index contributed by atoms with van der Waals surface area (Å²) in [6, 6.07) is 10.6. The standard InChI is InChI=1S/C13H13N3O2S/c14-16-13(18)9-5-6-10(15-7-9)8-19-12-4-2-1-3-11(12)17/h1-7,17H,8,14H2,(H,16,18). The molecule has 1 aromatic carbocycles. The van der Waals surface area contributed by atoms with Crippen LogP contribution in [-0.2, 0) is 5.75 Å². The van der Waals surface area contributed by atoms with Crippen molar-refractivity contribution in [3.63, 3.8) is 0 Å². The van der Waals surface area contributed by atoms with Gasteiger partial charge in [0.1, 0.15) is 5.75 Å². The summed E-state index contributed by atoms with van der Waals surface area (Å²) in [6.45, 7) is 0. The molecule has 0 fully saturated rings. The van der Waals surface area contributed by atoms with Crippen molar-refractivity contribution in [3.05, 3.63) is 53.9 Å². The summed E-state index contributed by atoms with van der Waals surface area (Å²) in [5.74, 6) is 5.54. The molecule has 0 aliphatic rings. The summed E-state index contributed by atoms with van der Waals surface area (Å²) in [4.78, 5) is 16.2. The van der Waals surface area contributed by atoms with Crippen LogP contribution in [-0.4, -0.2) is 16.0 Å². The van der Waals surface area contributed by atoms with Gasteiger partial charge in [-0.15, -0.1) is 11.8 Å². The fourth-order valence-electron chi connectivity index (χ4n) is 1.46. The number of pyridine rings is 1. The summed E-state index contributed by atoms with van der Waals surface area (Å²) in [6.07, 6.45) is 1.48. The number of hydrazine groups is 1. The number of thioether (sulfide) groups is 1. The van der Waals surface area contributed by atoms with Gasteiger partial charge in [0.05, 0.1) is 11.3 Å². The van der Waals surface area contributed by atoms with Crippen molar-refractivity contribution in [1.82, 2.24) is 10.4 Å². The van der Waals surface area contributed by atoms with Crippen molar-refractivity contribution in [2.24, 2.45) is 5.84 Å². The Morgan fingerprint density at radius 3 is 2.74 bits per heavy atom. The predicted octanol–water partition coefficient (Wildman–Crippen LogP) is 1.68. The maximum Gasteiger partial charge on any atom is 0.266 e. The lowest BCUT2D eigenvalue weighted by Gasteiger charge is -2.04. The van der Waals surface area contributed by atoms with E-state index in [1.54, 1.807) is 24.3 Å². The average Bonchev–Trinajstić information content (AvgIpc) is 2.46. The first kappa shape index (κ1) is 13.4. The molecule has 98 valence electrons. The molecular formula is C13H13N3O2S. The number of hydrogen-bond acceptors (Lipinski definition) is 5. The Bertz CT molecular complexity index is 572. The number of nitrogens with zero attached hydrogens (tertiary/aromatic N) is 1. The number of nitrogen functional groups attached to an aromatic ring is 1. The van der Waals surface area contributed by atoms with Crippen molar-refractivity contribution in [2.75, 3.05) is 0 Å². The van der Waals surface area contributed by atoms with Crippen LogP contribution in [0.5, 0.6) is 5.75 Å². The zero-order chi connectivity index (χ0) is 13.7. The number of aromatic nitrogens is 1. The van der Waals surface area contributed by atoms with E-state index in [0.717, 1.165) is 10.6 Å². The summed E-state index contributed by atoms with van der Waals surface area (Å²) >= 11 is 1.48. The van der Waals surface area contributed by atoms with Crippen LogP contribution in [0.4, 0.5) is 0 Å². The largest absolute Gasteiger partial charge is 0.507 e. The second-order valence-corrected chi connectivity index (χ2v) is 4.79. The van der Waals surface area contributed by atoms with Gasteiger partial charge in [-0.05, 0) is 24.3 Å². The smallest absolute Gasteiger partial charge is 0.266 e. The molecule has 0 saturated heterocycles. The number of carbonyl (C=O) groups excluding carboxylic acids is 1. The van der Waals surface area contributed by atoms with Gasteiger partial charge >= 0.3 is 0 Å². The Balaban J connectivity index is 2.01. The molecule has 2 rings (SSSR count). The average molecular weight is 275 g/mol. The molecule has 5 nitrogen and oxygen atoms in total. The van der Waals surface area contributed by atoms with Gasteiger partial charge in [-0.2, -0.15) is 0 Å². The normalized spacial score (nSPS) is 10.2. The highest BCUT2D eigenvalue weighted by atomic mass is 32.2. The van der Waals surface area contributed by atoms with Crippen molar-refractivity contribution in [1.29, 1.82) is 0 Å². The van der Waals surface area contributed by atoms with Gasteiger partial charge in [0, 0.05) is 16.8 Å². The number of amides is 1. The van der Waals surface area contributed by atoms with Crippen LogP contribution in [0.2, 0.25) is 0 Å². The summed E-state index contributed by atoms with van der Waals surface area (Å²) in [5, 5.41) is 9.63. The zero-order valence-corrected chi connectivity index (χ0v) is 10.9. The van der Waals surface area contributed by atoms with Crippen LogP contribution >= 0.6 is 11.8 Å². The number of para-hydroxylation sites is 1. The van der Waals surface area contributed by atoms with E-state index < -0.39 is 0 Å². The van der Waals surface area contributed by atoms with Gasteiger partial charge in [0.15, 0.2) is 0 Å². The Labute approximate surface area is 114 Å². The molecular weight excluding hydrogens is 262 g/mol. The maximum atomic E-state index is 11.2. The number of phenolic OH excluding ortho intramolecular Hbond substituents is 1. The van der Waals surface area contributed by atoms with Crippen LogP contribution in [0.25, 0.3) is 0 Å². The first-order valence-corrected chi connectivity index (χ1v) is 6.56. The number of phenols is 1. The van der Waals surface area contributed by atoms with Crippen LogP contribution in [0, 0.1) is 0 Å². The van der Waals surface area contributed by atoms with E-state index >= 15 is 0 Å². The topological polar surface area (TPSA) is 88.2 Å². The minimum Gasteiger partial charge on any atom is -0.507 e. The lowest BCUT2D eigenvalue weighted by molar-refractivity contribution is 0.0953. The highest BCUT2D eigenvalue weighted by Crippen LogP contribution is 2.29. The van der Waals surface area contributed by atoms with Gasteiger partial charge in [-0.25, -0.2) is 5.84 Å². The molecule has 2 aromatic rings. The molecule has 0 atom stereocenters. The van der Waals surface area contributed by atoms with Gasteiger partial charge < -0.3 is 5.11 Å². The third-order valence-electron chi connectivity index (χ3n) is 2.46. The van der Waals surface area contributed by atoms with E-state index in [2.05, 4.69) is 4.98 Å². The van der Waals surface area contributed by atoms with E-state index in [1.807, 2.05) is 17.6 Å². The number of rotatable bonds is 4. The van der Waals surface area contributed by atoms with Crippen LogP contribution in [0.3, 0.4) is 0 Å². The quantitative estimate of drug-likeness (QED) is 0.342. The number of aromatic hydroxyl groups is 1. The molecule has 0 radical (unpaired) electrons. The second kappa shape index (κ2) is 6.21. The molecule has 0 unspecified atom stereocenters. The van der Waals surface area contributed by atoms with Gasteiger partial charge in [-0.1, -0.05) is 12.1 Å². The van der Waals surface area contributed by atoms with Gasteiger partial charge in [0.2, 0.25) is 0 Å². The Hall–Kier alpha value is -2.05. The first-order chi connectivity index (χ1) is 9.20. The van der Waals surface area contributed by atoms with E-state index in [0.29, 0.717) is 11.3 Å². The second-order valence-electron chi connectivity index (χ2n) is 3.77. The number of carbonyl (C=O) groups is 1. The number of nitrogens with one attached hydrogen (secondary N) is 1. The lowest BCUT2D eigenvalue weighted by atomic mass is 10.2. The molecule has 0 spiro atoms. The summed E-state index contributed by atoms with van der Waals surface area (Å²) in [7, 11) is 0. The molecule has 1 amide bonds. The molecule has 0 aliphatic carbocycles. The van der Waals surface area contributed by atoms with Crippen LogP contribution in [0.1, 0.15) is 16.1 Å². The molecule has 0 aliphatic heterocycles. The molecule has 1 heterocycles. The first-order valence-electron chi connectivity index (χ1n) is 5.57. The minimum atomic E-state index is -0.368. The van der Waals surface area contributed by atoms with Gasteiger partial charge in [0.25, 0.3) is 5.91 Å². The highest BCUT2D eigenvalue weighted by molar-refractivity contribution is 7.98. The number of benzene rings is 1. The summed E-state index contributed by atoms with van der Waals surface area (Å²) in [5.41, 5.74) is 3.29. The lowest BCUT2D eigenvalue weighted by Crippen LogP contribution is -2.30. The number of hydrogen-bond donors (Lipinski definition) is 3. The summed E-state index contributed by atoms with van der Waals surface area (Å²) < 4.78 is 0. The van der Waals surface area contributed by atoms with Crippen LogP contribution < -0.4 is 11.3 Å². The zero-order valence-electron chi connectivity index (χ0n) is 10.0. The third kappa shape index (κ3) is 3.46. The molecule has 0 bridgehead atoms. The van der Waals surface area contributed by atoms with Gasteiger partial charge in [-0.3, -0.25) is 15.2 Å². The maximum absolute atomic E-state index is 11.2. The van der Waals surface area contributed by atoms with Crippen molar-refractivity contribution in [2.45, 2.75) is 10.6 Å². The van der Waals surface area contributed by atoms with E-state index in [4.69, 9.17) is 5.84 Å². The van der Waals surface area contributed by atoms with E-state index in [1.165, 1.54) is 18.0 Å². The molecule has 19 heavy (non-hydrogen) atoms. The highest BCUT2D eigenvalue weighted by Gasteiger charge is 2.05. The monoisotopic (exact) mass is 275 g/mol. The Morgan fingerprint density at radius 1 is 1.32 bits per heavy atom. The molecule has 0 saturated carbocycles. The van der Waals surface area contributed by atoms with Crippen molar-refractivity contribution < 1.29 is 9.90 Å². The molecule has 6 heteroatoms. The Morgan fingerprint density at radius 2 is 2.11 bits per heavy atom. The Kier molecular flexibility index (Phi) is 4.38. The molecule has 1 aromatic heterocycles. The van der Waals surface area contributed by atoms with Crippen molar-refractivity contribution >= 4 is 17.7 Å². The predicted molar refractivity (Wildman–Crippen MR) is 73.6 cm³/mol. The van der Waals surface area contributed by atoms with E-state index in [9.17, 15) is 9.90 Å². The molecule has 4 N–H and O–H groups in total. The third-order valence-corrected chi connectivity index (χ3v) is 3.56. The fraction of sp³-hybridized carbons (Fsp3) is 0.0769. The SMILES string of the molecule is NNC(=O)c1ccc(CSc2ccccc2O)nc1.